The van der Waals surface area contributed by atoms with Gasteiger partial charge < -0.3 is 10.2 Å². The lowest BCUT2D eigenvalue weighted by atomic mass is 9.96. The van der Waals surface area contributed by atoms with Crippen LogP contribution in [0.4, 0.5) is 5.82 Å². The van der Waals surface area contributed by atoms with E-state index in [1.165, 1.54) is 0 Å². The fraction of sp³-hybridized carbons (Fsp3) is 0.667. The predicted molar refractivity (Wildman–Crippen MR) is 67.5 cm³/mol. The van der Waals surface area contributed by atoms with Crippen LogP contribution in [0.15, 0.2) is 12.1 Å². The van der Waals surface area contributed by atoms with Crippen LogP contribution >= 0.6 is 0 Å². The molecule has 1 N–H and O–H groups in total. The van der Waals surface area contributed by atoms with Crippen LogP contribution in [0.3, 0.4) is 0 Å². The van der Waals surface area contributed by atoms with Crippen molar-refractivity contribution >= 4 is 5.82 Å². The smallest absolute Gasteiger partial charge is 0.151 e. The fourth-order valence-corrected chi connectivity index (χ4v) is 1.62. The zero-order valence-corrected chi connectivity index (χ0v) is 10.9. The second-order valence-corrected chi connectivity index (χ2v) is 5.33. The van der Waals surface area contributed by atoms with Gasteiger partial charge in [0.25, 0.3) is 0 Å². The Bertz CT molecular complexity index is 313. The summed E-state index contributed by atoms with van der Waals surface area (Å²) in [6.45, 7) is 8.37. The average molecular weight is 222 g/mol. The van der Waals surface area contributed by atoms with Crippen molar-refractivity contribution in [1.29, 1.82) is 0 Å². The van der Waals surface area contributed by atoms with E-state index in [4.69, 9.17) is 0 Å². The minimum absolute atomic E-state index is 0.264. The number of hydrogen-bond donors (Lipinski definition) is 1. The first kappa shape index (κ1) is 12.9. The molecule has 16 heavy (non-hydrogen) atoms. The van der Waals surface area contributed by atoms with Gasteiger partial charge in [-0.25, -0.2) is 0 Å². The van der Waals surface area contributed by atoms with Crippen molar-refractivity contribution in [3.8, 4) is 0 Å². The molecule has 0 spiro atoms. The van der Waals surface area contributed by atoms with Gasteiger partial charge in [0.2, 0.25) is 0 Å². The van der Waals surface area contributed by atoms with Crippen molar-refractivity contribution in [3.63, 3.8) is 0 Å². The van der Waals surface area contributed by atoms with Gasteiger partial charge in [-0.3, -0.25) is 0 Å². The molecule has 0 atom stereocenters. The number of rotatable bonds is 4. The normalized spacial score (nSPS) is 11.6. The van der Waals surface area contributed by atoms with Crippen LogP contribution in [0.1, 0.15) is 26.5 Å². The maximum atomic E-state index is 4.22. The van der Waals surface area contributed by atoms with Crippen LogP contribution in [0, 0.1) is 5.41 Å². The summed E-state index contributed by atoms with van der Waals surface area (Å²) in [5, 5.41) is 11.4. The molecule has 0 fully saturated rings. The molecule has 0 saturated heterocycles. The molecule has 0 aliphatic carbocycles. The Morgan fingerprint density at radius 3 is 2.38 bits per heavy atom. The molecule has 1 heterocycles. The van der Waals surface area contributed by atoms with Gasteiger partial charge in [-0.1, -0.05) is 20.8 Å². The third-order valence-corrected chi connectivity index (χ3v) is 2.17. The Labute approximate surface area is 98.1 Å². The summed E-state index contributed by atoms with van der Waals surface area (Å²) in [6.07, 6.45) is 0. The van der Waals surface area contributed by atoms with E-state index in [2.05, 4.69) is 41.2 Å². The van der Waals surface area contributed by atoms with Gasteiger partial charge in [-0.15, -0.1) is 5.10 Å². The summed E-state index contributed by atoms with van der Waals surface area (Å²) in [6, 6.07) is 4.03. The highest BCUT2D eigenvalue weighted by molar-refractivity contribution is 5.36. The Morgan fingerprint density at radius 1 is 1.25 bits per heavy atom. The van der Waals surface area contributed by atoms with Gasteiger partial charge in [0, 0.05) is 20.1 Å². The summed E-state index contributed by atoms with van der Waals surface area (Å²) >= 11 is 0. The van der Waals surface area contributed by atoms with E-state index in [-0.39, 0.29) is 5.41 Å². The summed E-state index contributed by atoms with van der Waals surface area (Å²) in [5.74, 6) is 0.926. The van der Waals surface area contributed by atoms with E-state index >= 15 is 0 Å². The van der Waals surface area contributed by atoms with Crippen molar-refractivity contribution < 1.29 is 0 Å². The lowest BCUT2D eigenvalue weighted by molar-refractivity contribution is 0.417. The van der Waals surface area contributed by atoms with Crippen LogP contribution in [0.25, 0.3) is 0 Å². The Kier molecular flexibility index (Phi) is 4.24. The molecule has 0 bridgehead atoms. The molecule has 0 unspecified atom stereocenters. The van der Waals surface area contributed by atoms with Gasteiger partial charge in [0.05, 0.1) is 5.69 Å². The van der Waals surface area contributed by atoms with Crippen molar-refractivity contribution in [1.82, 2.24) is 15.5 Å². The van der Waals surface area contributed by atoms with Crippen LogP contribution in [-0.2, 0) is 6.54 Å². The molecule has 0 aliphatic heterocycles. The van der Waals surface area contributed by atoms with Crippen molar-refractivity contribution in [2.75, 3.05) is 25.5 Å². The number of anilines is 1. The molecule has 1 rings (SSSR count). The third kappa shape index (κ3) is 4.14. The van der Waals surface area contributed by atoms with E-state index in [1.807, 2.05) is 26.2 Å². The molecule has 0 amide bonds. The van der Waals surface area contributed by atoms with Crippen LogP contribution in [0.2, 0.25) is 0 Å². The predicted octanol–water partition coefficient (Wildman–Crippen LogP) is 1.68. The molecule has 0 radical (unpaired) electrons. The third-order valence-electron chi connectivity index (χ3n) is 2.17. The maximum Gasteiger partial charge on any atom is 0.151 e. The number of nitrogens with one attached hydrogen (secondary N) is 1. The molecule has 0 aromatic carbocycles. The van der Waals surface area contributed by atoms with E-state index in [1.54, 1.807) is 0 Å². The van der Waals surface area contributed by atoms with Gasteiger partial charge in [0.1, 0.15) is 0 Å². The Morgan fingerprint density at radius 2 is 1.94 bits per heavy atom. The maximum absolute atomic E-state index is 4.22. The minimum atomic E-state index is 0.264. The monoisotopic (exact) mass is 222 g/mol. The van der Waals surface area contributed by atoms with Crippen LogP contribution in [-0.4, -0.2) is 30.8 Å². The van der Waals surface area contributed by atoms with Crippen molar-refractivity contribution in [2.45, 2.75) is 27.3 Å². The van der Waals surface area contributed by atoms with Gasteiger partial charge in [-0.2, -0.15) is 5.10 Å². The van der Waals surface area contributed by atoms with E-state index in [0.717, 1.165) is 24.6 Å². The highest BCUT2D eigenvalue weighted by Crippen LogP contribution is 2.17. The first-order valence-corrected chi connectivity index (χ1v) is 5.61. The van der Waals surface area contributed by atoms with Gasteiger partial charge in [0.15, 0.2) is 5.82 Å². The average Bonchev–Trinajstić information content (AvgIpc) is 2.16. The molecule has 1 aromatic heterocycles. The lowest BCUT2D eigenvalue weighted by Crippen LogP contribution is -2.30. The number of nitrogens with zero attached hydrogens (tertiary/aromatic N) is 3. The highest BCUT2D eigenvalue weighted by atomic mass is 15.2. The van der Waals surface area contributed by atoms with Crippen LogP contribution in [0.5, 0.6) is 0 Å². The molecule has 4 heteroatoms. The number of aromatic nitrogens is 2. The van der Waals surface area contributed by atoms with E-state index in [0.29, 0.717) is 0 Å². The largest absolute Gasteiger partial charge is 0.358 e. The van der Waals surface area contributed by atoms with Crippen molar-refractivity contribution in [2.24, 2.45) is 5.41 Å². The molecule has 0 saturated carbocycles. The first-order valence-electron chi connectivity index (χ1n) is 5.61. The topological polar surface area (TPSA) is 41.0 Å². The second-order valence-electron chi connectivity index (χ2n) is 5.33. The zero-order chi connectivity index (χ0) is 12.2. The van der Waals surface area contributed by atoms with E-state index in [9.17, 15) is 0 Å². The summed E-state index contributed by atoms with van der Waals surface area (Å²) in [7, 11) is 3.95. The zero-order valence-electron chi connectivity index (χ0n) is 10.9. The highest BCUT2D eigenvalue weighted by Gasteiger charge is 2.14. The fourth-order valence-electron chi connectivity index (χ4n) is 1.62. The second kappa shape index (κ2) is 5.25. The van der Waals surface area contributed by atoms with E-state index < -0.39 is 0 Å². The van der Waals surface area contributed by atoms with Crippen LogP contribution < -0.4 is 10.2 Å². The van der Waals surface area contributed by atoms with Crippen molar-refractivity contribution in [3.05, 3.63) is 17.8 Å². The molecule has 0 aliphatic rings. The molecule has 1 aromatic rings. The minimum Gasteiger partial charge on any atom is -0.358 e. The van der Waals surface area contributed by atoms with Gasteiger partial charge in [-0.05, 0) is 24.6 Å². The molecule has 90 valence electrons. The number of hydrogen-bond acceptors (Lipinski definition) is 4. The summed E-state index contributed by atoms with van der Waals surface area (Å²) in [4.78, 5) is 2.14. The Hall–Kier alpha value is -1.16. The molecular weight excluding hydrogens is 200 g/mol. The quantitative estimate of drug-likeness (QED) is 0.841. The molecule has 4 nitrogen and oxygen atoms in total. The molecular formula is C12H22N4. The SMILES string of the molecule is CNCc1ccc(N(C)CC(C)(C)C)nn1. The first-order chi connectivity index (χ1) is 7.42. The summed E-state index contributed by atoms with van der Waals surface area (Å²) < 4.78 is 0. The standard InChI is InChI=1S/C12H22N4/c1-12(2,3)9-16(5)11-7-6-10(8-13-4)14-15-11/h6-7,13H,8-9H2,1-5H3. The Balaban J connectivity index is 2.66. The van der Waals surface area contributed by atoms with Gasteiger partial charge >= 0.3 is 0 Å². The lowest BCUT2D eigenvalue weighted by Gasteiger charge is -2.27. The summed E-state index contributed by atoms with van der Waals surface area (Å²) in [5.41, 5.74) is 1.23.